The number of para-hydroxylation sites is 2. The van der Waals surface area contributed by atoms with Gasteiger partial charge < -0.3 is 23.7 Å². The molecule has 0 atom stereocenters. The number of esters is 3. The molecule has 0 unspecified atom stereocenters. The molecule has 1 heterocycles. The number of benzene rings is 4. The number of hydrogen-bond acceptors (Lipinski definition) is 13. The van der Waals surface area contributed by atoms with Crippen LogP contribution in [0.1, 0.15) is 33.0 Å². The Morgan fingerprint density at radius 1 is 0.492 bits per heavy atom. The zero-order valence-corrected chi connectivity index (χ0v) is 33.5. The topological polar surface area (TPSA) is 143 Å². The zero-order valence-electron chi connectivity index (χ0n) is 33.5. The summed E-state index contributed by atoms with van der Waals surface area (Å²) in [7, 11) is 0. The summed E-state index contributed by atoms with van der Waals surface area (Å²) >= 11 is 0. The number of carbonyl (C=O) groups excluding carboxylic acids is 3. The molecule has 0 spiro atoms. The monoisotopic (exact) mass is 797 g/mol. The highest BCUT2D eigenvalue weighted by Gasteiger charge is 2.23. The molecule has 0 amide bonds. The van der Waals surface area contributed by atoms with Crippen LogP contribution in [0, 0.1) is 0 Å². The second kappa shape index (κ2) is 21.3. The summed E-state index contributed by atoms with van der Waals surface area (Å²) in [5.74, 6) is 0.653. The fraction of sp³-hybridized carbons (Fsp3) is 0.217. The van der Waals surface area contributed by atoms with E-state index >= 15 is 0 Å². The lowest BCUT2D eigenvalue weighted by Crippen LogP contribution is -2.20. The van der Waals surface area contributed by atoms with Gasteiger partial charge in [-0.05, 0) is 75.7 Å². The Morgan fingerprint density at radius 3 is 1.29 bits per heavy atom. The summed E-state index contributed by atoms with van der Waals surface area (Å²) in [6, 6.07) is 34.1. The van der Waals surface area contributed by atoms with Gasteiger partial charge in [0.25, 0.3) is 0 Å². The Kier molecular flexibility index (Phi) is 15.5. The minimum atomic E-state index is -0.488. The molecule has 0 aliphatic carbocycles. The lowest BCUT2D eigenvalue weighted by Gasteiger charge is -2.27. The molecule has 0 saturated carbocycles. The normalized spacial score (nSPS) is 10.5. The van der Waals surface area contributed by atoms with Crippen molar-refractivity contribution in [2.45, 2.75) is 33.6 Å². The molecule has 0 fully saturated rings. The van der Waals surface area contributed by atoms with Crippen molar-refractivity contribution in [3.8, 4) is 11.5 Å². The Balaban J connectivity index is 1.56. The summed E-state index contributed by atoms with van der Waals surface area (Å²) in [5, 5.41) is 0. The SMILES string of the molecule is C=C(C)C(=O)OCCCc1nc(N(c2ccccc2)c2cccc(OCCOC(=O)C(=C)C)c2)nc(N(c2ccccc2)c2cccc(OCCOC(=O)C(=C)C)c2)n1. The van der Waals surface area contributed by atoms with Crippen molar-refractivity contribution in [2.24, 2.45) is 0 Å². The van der Waals surface area contributed by atoms with E-state index in [4.69, 9.17) is 38.6 Å². The first-order chi connectivity index (χ1) is 28.5. The second-order valence-corrected chi connectivity index (χ2v) is 13.2. The van der Waals surface area contributed by atoms with Crippen molar-refractivity contribution in [1.82, 2.24) is 15.0 Å². The van der Waals surface area contributed by atoms with Crippen molar-refractivity contribution in [2.75, 3.05) is 42.8 Å². The van der Waals surface area contributed by atoms with Gasteiger partial charge in [-0.3, -0.25) is 9.80 Å². The molecule has 0 aliphatic rings. The van der Waals surface area contributed by atoms with Gasteiger partial charge in [0.05, 0.1) is 18.0 Å². The maximum Gasteiger partial charge on any atom is 0.333 e. The molecule has 0 aliphatic heterocycles. The summed E-state index contributed by atoms with van der Waals surface area (Å²) < 4.78 is 27.8. The third-order valence-corrected chi connectivity index (χ3v) is 8.23. The Bertz CT molecular complexity index is 2130. The maximum atomic E-state index is 12.2. The van der Waals surface area contributed by atoms with Crippen LogP contribution in [0.4, 0.5) is 34.6 Å². The van der Waals surface area contributed by atoms with Gasteiger partial charge in [-0.1, -0.05) is 68.3 Å². The highest BCUT2D eigenvalue weighted by Crippen LogP contribution is 2.38. The number of hydrogen-bond donors (Lipinski definition) is 0. The van der Waals surface area contributed by atoms with E-state index in [1.807, 2.05) is 107 Å². The van der Waals surface area contributed by atoms with Gasteiger partial charge in [0, 0.05) is 46.6 Å². The lowest BCUT2D eigenvalue weighted by molar-refractivity contribution is -0.140. The number of aromatic nitrogens is 3. The van der Waals surface area contributed by atoms with E-state index in [0.717, 1.165) is 11.4 Å². The molecule has 13 heteroatoms. The highest BCUT2D eigenvalue weighted by molar-refractivity contribution is 5.87. The molecule has 13 nitrogen and oxygen atoms in total. The predicted octanol–water partition coefficient (Wildman–Crippen LogP) is 8.86. The molecule has 0 radical (unpaired) electrons. The van der Waals surface area contributed by atoms with Crippen molar-refractivity contribution < 1.29 is 38.1 Å². The standard InChI is InChI=1S/C46H47N5O8/c1-32(2)42(52)57-25-15-24-41-47-45(50(35-16-9-7-10-17-35)37-20-13-22-39(30-37)55-26-28-58-43(53)33(3)4)49-46(48-41)51(36-18-11-8-12-19-36)38-21-14-23-40(31-38)56-27-29-59-44(54)34(5)6/h7-14,16-23,30-31H,1,3,5,15,24-29H2,2,4,6H3. The highest BCUT2D eigenvalue weighted by atomic mass is 16.6. The lowest BCUT2D eigenvalue weighted by atomic mass is 10.2. The number of anilines is 6. The molecular formula is C46H47N5O8. The molecule has 4 aromatic carbocycles. The summed E-state index contributed by atoms with van der Waals surface area (Å²) in [4.78, 5) is 54.8. The van der Waals surface area contributed by atoms with E-state index in [2.05, 4.69) is 19.7 Å². The van der Waals surface area contributed by atoms with Crippen LogP contribution in [0.2, 0.25) is 0 Å². The summed E-state index contributed by atoms with van der Waals surface area (Å²) in [6.45, 7) is 16.1. The van der Waals surface area contributed by atoms with E-state index in [1.54, 1.807) is 32.9 Å². The smallest absolute Gasteiger partial charge is 0.333 e. The third-order valence-electron chi connectivity index (χ3n) is 8.23. The zero-order chi connectivity index (χ0) is 42.1. The van der Waals surface area contributed by atoms with Crippen molar-refractivity contribution in [1.29, 1.82) is 0 Å². The van der Waals surface area contributed by atoms with Gasteiger partial charge in [-0.2, -0.15) is 15.0 Å². The molecule has 0 N–H and O–H groups in total. The van der Waals surface area contributed by atoms with E-state index < -0.39 is 17.9 Å². The van der Waals surface area contributed by atoms with E-state index in [-0.39, 0.29) is 33.0 Å². The molecule has 5 rings (SSSR count). The van der Waals surface area contributed by atoms with Crippen LogP contribution in [0.15, 0.2) is 146 Å². The molecule has 5 aromatic rings. The Morgan fingerprint density at radius 2 is 0.881 bits per heavy atom. The van der Waals surface area contributed by atoms with Crippen LogP contribution in [0.3, 0.4) is 0 Å². The number of carbonyl (C=O) groups is 3. The molecule has 0 saturated heterocycles. The first-order valence-electron chi connectivity index (χ1n) is 18.9. The van der Waals surface area contributed by atoms with Crippen LogP contribution >= 0.6 is 0 Å². The van der Waals surface area contributed by atoms with Crippen molar-refractivity contribution in [3.63, 3.8) is 0 Å². The van der Waals surface area contributed by atoms with Crippen LogP contribution in [0.5, 0.6) is 11.5 Å². The number of aryl methyl sites for hydroxylation is 1. The Labute approximate surface area is 344 Å². The fourth-order valence-electron chi connectivity index (χ4n) is 5.40. The molecule has 0 bridgehead atoms. The van der Waals surface area contributed by atoms with Gasteiger partial charge in [0.1, 0.15) is 43.8 Å². The van der Waals surface area contributed by atoms with Crippen LogP contribution in [0.25, 0.3) is 0 Å². The third kappa shape index (κ3) is 12.6. The van der Waals surface area contributed by atoms with Gasteiger partial charge >= 0.3 is 17.9 Å². The molecule has 59 heavy (non-hydrogen) atoms. The summed E-state index contributed by atoms with van der Waals surface area (Å²) in [6.07, 6.45) is 0.770. The van der Waals surface area contributed by atoms with E-state index in [0.29, 0.717) is 70.2 Å². The predicted molar refractivity (Wildman–Crippen MR) is 226 cm³/mol. The largest absolute Gasteiger partial charge is 0.490 e. The van der Waals surface area contributed by atoms with Crippen LogP contribution in [-0.2, 0) is 35.0 Å². The summed E-state index contributed by atoms with van der Waals surface area (Å²) in [5.41, 5.74) is 3.80. The average Bonchev–Trinajstić information content (AvgIpc) is 3.23. The maximum absolute atomic E-state index is 12.2. The Hall–Kier alpha value is -7.28. The van der Waals surface area contributed by atoms with Gasteiger partial charge in [-0.15, -0.1) is 0 Å². The average molecular weight is 798 g/mol. The van der Waals surface area contributed by atoms with Crippen LogP contribution in [-0.4, -0.2) is 65.9 Å². The van der Waals surface area contributed by atoms with Crippen LogP contribution < -0.4 is 19.3 Å². The number of rotatable bonds is 21. The van der Waals surface area contributed by atoms with E-state index in [1.165, 1.54) is 0 Å². The molecule has 304 valence electrons. The first kappa shape index (κ1) is 42.9. The molecular weight excluding hydrogens is 751 g/mol. The minimum Gasteiger partial charge on any atom is -0.490 e. The molecule has 1 aromatic heterocycles. The quantitative estimate of drug-likeness (QED) is 0.0302. The number of nitrogens with zero attached hydrogens (tertiary/aromatic N) is 5. The van der Waals surface area contributed by atoms with Crippen molar-refractivity contribution >= 4 is 52.6 Å². The fourth-order valence-corrected chi connectivity index (χ4v) is 5.40. The van der Waals surface area contributed by atoms with Gasteiger partial charge in [-0.25, -0.2) is 14.4 Å². The first-order valence-corrected chi connectivity index (χ1v) is 18.9. The van der Waals surface area contributed by atoms with Gasteiger partial charge in [0.15, 0.2) is 0 Å². The van der Waals surface area contributed by atoms with Crippen molar-refractivity contribution in [3.05, 3.63) is 151 Å². The second-order valence-electron chi connectivity index (χ2n) is 13.2. The number of ether oxygens (including phenoxy) is 5. The minimum absolute atomic E-state index is 0.0458. The van der Waals surface area contributed by atoms with Gasteiger partial charge in [0.2, 0.25) is 11.9 Å². The van der Waals surface area contributed by atoms with E-state index in [9.17, 15) is 14.4 Å².